The van der Waals surface area contributed by atoms with Crippen LogP contribution in [0.5, 0.6) is 0 Å². The minimum Gasteiger partial charge on any atom is -0.383 e. The van der Waals surface area contributed by atoms with E-state index in [1.54, 1.807) is 44.2 Å². The zero-order chi connectivity index (χ0) is 20.9. The van der Waals surface area contributed by atoms with Gasteiger partial charge >= 0.3 is 0 Å². The topological polar surface area (TPSA) is 88.1 Å². The highest BCUT2D eigenvalue weighted by molar-refractivity contribution is 7.89. The van der Waals surface area contributed by atoms with Gasteiger partial charge in [0, 0.05) is 24.8 Å². The summed E-state index contributed by atoms with van der Waals surface area (Å²) in [7, 11) is -0.709. The molecule has 1 unspecified atom stereocenters. The number of aryl methyl sites for hydroxylation is 1. The van der Waals surface area contributed by atoms with Crippen LogP contribution in [0.25, 0.3) is 0 Å². The summed E-state index contributed by atoms with van der Waals surface area (Å²) in [6, 6.07) is 11.5. The molecule has 1 atom stereocenters. The summed E-state index contributed by atoms with van der Waals surface area (Å²) in [6.45, 7) is 3.32. The van der Waals surface area contributed by atoms with Crippen LogP contribution in [0, 0.1) is 6.92 Å². The lowest BCUT2D eigenvalue weighted by Gasteiger charge is -2.15. The molecule has 9 heteroatoms. The fraction of sp³-hybridized carbons (Fsp3) is 0.263. The van der Waals surface area contributed by atoms with Gasteiger partial charge in [0.25, 0.3) is 5.91 Å². The summed E-state index contributed by atoms with van der Waals surface area (Å²) in [5, 5.41) is 7.09. The first kappa shape index (κ1) is 21.9. The molecule has 0 aliphatic rings. The molecule has 0 aliphatic carbocycles. The Kier molecular flexibility index (Phi) is 7.17. The number of nitrogens with zero attached hydrogens (tertiary/aromatic N) is 2. The van der Waals surface area contributed by atoms with Gasteiger partial charge in [0.05, 0.1) is 11.1 Å². The molecule has 0 aromatic heterocycles. The number of carbonyl (C=O) groups excluding carboxylic acids is 1. The molecule has 0 saturated heterocycles. The van der Waals surface area contributed by atoms with E-state index in [9.17, 15) is 13.2 Å². The van der Waals surface area contributed by atoms with Gasteiger partial charge in [0.15, 0.2) is 0 Å². The zero-order valence-electron chi connectivity index (χ0n) is 16.0. The quantitative estimate of drug-likeness (QED) is 0.546. The minimum atomic E-state index is -3.60. The van der Waals surface area contributed by atoms with Gasteiger partial charge in [-0.2, -0.15) is 0 Å². The molecule has 0 heterocycles. The number of oxime groups is 1. The molecule has 0 saturated carbocycles. The van der Waals surface area contributed by atoms with Crippen LogP contribution in [-0.4, -0.2) is 45.0 Å². The first-order valence-electron chi connectivity index (χ1n) is 8.40. The number of carbonyl (C=O) groups is 1. The molecule has 0 radical (unpaired) electrons. The Labute approximate surface area is 170 Å². The van der Waals surface area contributed by atoms with Crippen molar-refractivity contribution in [3.63, 3.8) is 0 Å². The molecule has 2 aromatic carbocycles. The highest BCUT2D eigenvalue weighted by Crippen LogP contribution is 2.22. The summed E-state index contributed by atoms with van der Waals surface area (Å²) in [5.41, 5.74) is 1.89. The van der Waals surface area contributed by atoms with Crippen molar-refractivity contribution in [1.82, 2.24) is 4.31 Å². The third-order valence-corrected chi connectivity index (χ3v) is 5.97. The van der Waals surface area contributed by atoms with Gasteiger partial charge in [-0.3, -0.25) is 4.79 Å². The van der Waals surface area contributed by atoms with Crippen LogP contribution in [-0.2, 0) is 19.7 Å². The van der Waals surface area contributed by atoms with Gasteiger partial charge in [0.2, 0.25) is 16.1 Å². The van der Waals surface area contributed by atoms with E-state index >= 15 is 0 Å². The molecule has 1 amide bonds. The molecular weight excluding hydrogens is 402 g/mol. The van der Waals surface area contributed by atoms with Crippen molar-refractivity contribution in [1.29, 1.82) is 0 Å². The summed E-state index contributed by atoms with van der Waals surface area (Å²) >= 11 is 5.81. The first-order valence-corrected chi connectivity index (χ1v) is 10.2. The number of rotatable bonds is 7. The maximum Gasteiger partial charge on any atom is 0.267 e. The Bertz CT molecular complexity index is 973. The molecule has 28 heavy (non-hydrogen) atoms. The van der Waals surface area contributed by atoms with Gasteiger partial charge in [-0.1, -0.05) is 35.0 Å². The molecule has 1 N–H and O–H groups in total. The molecule has 0 fully saturated rings. The lowest BCUT2D eigenvalue weighted by atomic mass is 10.2. The van der Waals surface area contributed by atoms with Crippen molar-refractivity contribution < 1.29 is 18.0 Å². The monoisotopic (exact) mass is 423 g/mol. The number of halogens is 1. The number of nitrogens with one attached hydrogen (secondary N) is 1. The number of hydrogen-bond acceptors (Lipinski definition) is 5. The number of anilines is 1. The summed E-state index contributed by atoms with van der Waals surface area (Å²) in [4.78, 5) is 17.6. The van der Waals surface area contributed by atoms with E-state index in [0.29, 0.717) is 10.7 Å². The normalized spacial score (nSPS) is 12.9. The second-order valence-electron chi connectivity index (χ2n) is 6.29. The van der Waals surface area contributed by atoms with E-state index in [2.05, 4.69) is 10.5 Å². The van der Waals surface area contributed by atoms with Gasteiger partial charge in [-0.15, -0.1) is 0 Å². The molecule has 7 nitrogen and oxygen atoms in total. The third-order valence-electron chi connectivity index (χ3n) is 3.91. The van der Waals surface area contributed by atoms with Crippen LogP contribution in [0.1, 0.15) is 18.1 Å². The molecule has 150 valence electrons. The van der Waals surface area contributed by atoms with Gasteiger partial charge in [0.1, 0.15) is 0 Å². The fourth-order valence-electron chi connectivity index (χ4n) is 2.12. The smallest absolute Gasteiger partial charge is 0.267 e. The summed E-state index contributed by atoms with van der Waals surface area (Å²) < 4.78 is 25.7. The van der Waals surface area contributed by atoms with E-state index in [4.69, 9.17) is 16.4 Å². The van der Waals surface area contributed by atoms with Crippen molar-refractivity contribution in [3.05, 3.63) is 58.6 Å². The van der Waals surface area contributed by atoms with Crippen LogP contribution in [0.4, 0.5) is 5.69 Å². The molecule has 0 spiro atoms. The van der Waals surface area contributed by atoms with Crippen molar-refractivity contribution in [3.8, 4) is 0 Å². The standard InChI is InChI=1S/C19H22ClN3O4S/c1-13-5-10-17(28(25,26)23(3)4)11-18(13)22-19(24)14(2)27-21-12-15-6-8-16(20)9-7-15/h5-12,14H,1-4H3,(H,22,24)/b21-12+. The van der Waals surface area contributed by atoms with E-state index in [1.807, 2.05) is 0 Å². The Balaban J connectivity index is 2.06. The molecule has 0 bridgehead atoms. The summed E-state index contributed by atoms with van der Waals surface area (Å²) in [5.74, 6) is -0.448. The van der Waals surface area contributed by atoms with Crippen LogP contribution in [0.15, 0.2) is 52.5 Å². The second-order valence-corrected chi connectivity index (χ2v) is 8.88. The van der Waals surface area contributed by atoms with Crippen LogP contribution >= 0.6 is 11.6 Å². The van der Waals surface area contributed by atoms with E-state index in [0.717, 1.165) is 15.4 Å². The van der Waals surface area contributed by atoms with Gasteiger partial charge in [-0.05, 0) is 49.2 Å². The Hall–Kier alpha value is -2.42. The van der Waals surface area contributed by atoms with Crippen molar-refractivity contribution in [2.45, 2.75) is 24.8 Å². The van der Waals surface area contributed by atoms with Crippen molar-refractivity contribution >= 4 is 39.4 Å². The Morgan fingerprint density at radius 3 is 2.46 bits per heavy atom. The molecule has 2 rings (SSSR count). The number of hydrogen-bond donors (Lipinski definition) is 1. The molecule has 2 aromatic rings. The maximum atomic E-state index is 12.4. The highest BCUT2D eigenvalue weighted by Gasteiger charge is 2.20. The lowest BCUT2D eigenvalue weighted by Crippen LogP contribution is -2.27. The Morgan fingerprint density at radius 2 is 1.86 bits per heavy atom. The predicted molar refractivity (Wildman–Crippen MR) is 110 cm³/mol. The third kappa shape index (κ3) is 5.54. The van der Waals surface area contributed by atoms with Crippen molar-refractivity contribution in [2.75, 3.05) is 19.4 Å². The molecular formula is C19H22ClN3O4S. The minimum absolute atomic E-state index is 0.0905. The predicted octanol–water partition coefficient (Wildman–Crippen LogP) is 3.28. The van der Waals surface area contributed by atoms with Gasteiger partial charge < -0.3 is 10.2 Å². The Morgan fingerprint density at radius 1 is 1.21 bits per heavy atom. The number of amides is 1. The number of sulfonamides is 1. The van der Waals surface area contributed by atoms with Crippen LogP contribution < -0.4 is 5.32 Å². The van der Waals surface area contributed by atoms with E-state index in [1.165, 1.54) is 32.4 Å². The fourth-order valence-corrected chi connectivity index (χ4v) is 3.18. The van der Waals surface area contributed by atoms with Crippen LogP contribution in [0.3, 0.4) is 0 Å². The van der Waals surface area contributed by atoms with E-state index in [-0.39, 0.29) is 4.90 Å². The van der Waals surface area contributed by atoms with Gasteiger partial charge in [-0.25, -0.2) is 12.7 Å². The summed E-state index contributed by atoms with van der Waals surface area (Å²) in [6.07, 6.45) is 0.590. The largest absolute Gasteiger partial charge is 0.383 e. The van der Waals surface area contributed by atoms with Crippen LogP contribution in [0.2, 0.25) is 5.02 Å². The van der Waals surface area contributed by atoms with E-state index < -0.39 is 22.0 Å². The average Bonchev–Trinajstić information content (AvgIpc) is 2.64. The zero-order valence-corrected chi connectivity index (χ0v) is 17.6. The maximum absolute atomic E-state index is 12.4. The van der Waals surface area contributed by atoms with Crippen molar-refractivity contribution in [2.24, 2.45) is 5.16 Å². The first-order chi connectivity index (χ1) is 13.1. The highest BCUT2D eigenvalue weighted by atomic mass is 35.5. The SMILES string of the molecule is Cc1ccc(S(=O)(=O)N(C)C)cc1NC(=O)C(C)O/N=C/c1ccc(Cl)cc1. The average molecular weight is 424 g/mol. The lowest BCUT2D eigenvalue weighted by molar-refractivity contribution is -0.126. The second kappa shape index (κ2) is 9.18. The number of benzene rings is 2. The molecule has 0 aliphatic heterocycles.